The summed E-state index contributed by atoms with van der Waals surface area (Å²) in [5, 5.41) is 0.857. The molecule has 0 saturated heterocycles. The molecule has 0 radical (unpaired) electrons. The molecule has 21 heavy (non-hydrogen) atoms. The van der Waals surface area contributed by atoms with E-state index in [1.165, 1.54) is 24.2 Å². The number of fused-ring (bicyclic) bond motifs is 1. The molecule has 4 nitrogen and oxygen atoms in total. The zero-order valence-electron chi connectivity index (χ0n) is 12.4. The predicted octanol–water partition coefficient (Wildman–Crippen LogP) is 3.36. The van der Waals surface area contributed by atoms with Crippen molar-refractivity contribution in [1.82, 2.24) is 4.90 Å². The van der Waals surface area contributed by atoms with Crippen molar-refractivity contribution in [2.45, 2.75) is 19.8 Å². The van der Waals surface area contributed by atoms with Crippen LogP contribution in [0.1, 0.15) is 29.4 Å². The maximum atomic E-state index is 12.7. The summed E-state index contributed by atoms with van der Waals surface area (Å²) >= 11 is 1.46. The number of nitrogens with two attached hydrogens (primary N) is 1. The van der Waals surface area contributed by atoms with Gasteiger partial charge < -0.3 is 15.4 Å². The molecule has 1 aromatic heterocycles. The highest BCUT2D eigenvalue weighted by molar-refractivity contribution is 7.21. The Morgan fingerprint density at radius 2 is 2.24 bits per heavy atom. The van der Waals surface area contributed by atoms with E-state index in [-0.39, 0.29) is 5.91 Å². The van der Waals surface area contributed by atoms with E-state index in [0.717, 1.165) is 28.9 Å². The molecule has 1 fully saturated rings. The van der Waals surface area contributed by atoms with E-state index in [9.17, 15) is 4.79 Å². The highest BCUT2D eigenvalue weighted by Crippen LogP contribution is 2.40. The SMILES string of the molecule is CCN(CC1CC1)C(=O)c1sc2cccc(OC)c2c1N. The Kier molecular flexibility index (Phi) is 3.76. The molecule has 1 saturated carbocycles. The lowest BCUT2D eigenvalue weighted by Crippen LogP contribution is -2.32. The number of hydrogen-bond donors (Lipinski definition) is 1. The molecule has 2 N–H and O–H groups in total. The molecular weight excluding hydrogens is 284 g/mol. The minimum absolute atomic E-state index is 0.0464. The monoisotopic (exact) mass is 304 g/mol. The van der Waals surface area contributed by atoms with Crippen LogP contribution in [0.25, 0.3) is 10.1 Å². The molecule has 1 aliphatic rings. The predicted molar refractivity (Wildman–Crippen MR) is 87.1 cm³/mol. The van der Waals surface area contributed by atoms with Crippen molar-refractivity contribution < 1.29 is 9.53 Å². The van der Waals surface area contributed by atoms with Crippen molar-refractivity contribution in [2.75, 3.05) is 25.9 Å². The third-order valence-electron chi connectivity index (χ3n) is 3.97. The van der Waals surface area contributed by atoms with E-state index in [1.807, 2.05) is 30.0 Å². The van der Waals surface area contributed by atoms with Gasteiger partial charge in [0.2, 0.25) is 0 Å². The van der Waals surface area contributed by atoms with E-state index < -0.39 is 0 Å². The van der Waals surface area contributed by atoms with Gasteiger partial charge in [-0.15, -0.1) is 11.3 Å². The quantitative estimate of drug-likeness (QED) is 0.921. The summed E-state index contributed by atoms with van der Waals surface area (Å²) in [7, 11) is 1.62. The van der Waals surface area contributed by atoms with Gasteiger partial charge >= 0.3 is 0 Å². The number of carbonyl (C=O) groups is 1. The number of anilines is 1. The van der Waals surface area contributed by atoms with Gasteiger partial charge in [-0.1, -0.05) is 6.07 Å². The Morgan fingerprint density at radius 1 is 1.48 bits per heavy atom. The van der Waals surface area contributed by atoms with Crippen molar-refractivity contribution in [3.63, 3.8) is 0 Å². The van der Waals surface area contributed by atoms with Crippen LogP contribution in [0.3, 0.4) is 0 Å². The summed E-state index contributed by atoms with van der Waals surface area (Å²) in [6, 6.07) is 5.78. The standard InChI is InChI=1S/C16H20N2O2S/c1-3-18(9-10-7-8-10)16(19)15-14(17)13-11(20-2)5-4-6-12(13)21-15/h4-6,10H,3,7-9,17H2,1-2H3. The van der Waals surface area contributed by atoms with Crippen LogP contribution < -0.4 is 10.5 Å². The Morgan fingerprint density at radius 3 is 2.86 bits per heavy atom. The van der Waals surface area contributed by atoms with Crippen LogP contribution in [-0.4, -0.2) is 31.0 Å². The van der Waals surface area contributed by atoms with Gasteiger partial charge in [-0.2, -0.15) is 0 Å². The van der Waals surface area contributed by atoms with Crippen molar-refractivity contribution in [3.05, 3.63) is 23.1 Å². The van der Waals surface area contributed by atoms with Gasteiger partial charge in [0.15, 0.2) is 0 Å². The second-order valence-corrected chi connectivity index (χ2v) is 6.52. The van der Waals surface area contributed by atoms with E-state index in [4.69, 9.17) is 10.5 Å². The van der Waals surface area contributed by atoms with Crippen LogP contribution >= 0.6 is 11.3 Å². The Labute approximate surface area is 128 Å². The normalized spacial score (nSPS) is 14.4. The average Bonchev–Trinajstić information content (AvgIpc) is 3.26. The number of hydrogen-bond acceptors (Lipinski definition) is 4. The Hall–Kier alpha value is -1.75. The molecule has 5 heteroatoms. The molecule has 1 aromatic carbocycles. The van der Waals surface area contributed by atoms with Crippen molar-refractivity contribution in [1.29, 1.82) is 0 Å². The van der Waals surface area contributed by atoms with Gasteiger partial charge in [0.05, 0.1) is 18.2 Å². The number of rotatable bonds is 5. The maximum Gasteiger partial charge on any atom is 0.266 e. The lowest BCUT2D eigenvalue weighted by atomic mass is 10.2. The number of amides is 1. The molecule has 3 rings (SSSR count). The summed E-state index contributed by atoms with van der Waals surface area (Å²) < 4.78 is 6.36. The number of methoxy groups -OCH3 is 1. The first-order valence-corrected chi connectivity index (χ1v) is 8.11. The molecular formula is C16H20N2O2S. The fraction of sp³-hybridized carbons (Fsp3) is 0.438. The number of benzene rings is 1. The summed E-state index contributed by atoms with van der Waals surface area (Å²) in [6.07, 6.45) is 2.47. The molecule has 0 atom stereocenters. The van der Waals surface area contributed by atoms with Gasteiger partial charge in [0, 0.05) is 17.8 Å². The van der Waals surface area contributed by atoms with E-state index in [1.54, 1.807) is 7.11 Å². The van der Waals surface area contributed by atoms with Gasteiger partial charge in [-0.3, -0.25) is 4.79 Å². The second-order valence-electron chi connectivity index (χ2n) is 5.47. The van der Waals surface area contributed by atoms with Crippen LogP contribution in [0, 0.1) is 5.92 Å². The first-order chi connectivity index (χ1) is 10.2. The Balaban J connectivity index is 1.99. The smallest absolute Gasteiger partial charge is 0.266 e. The van der Waals surface area contributed by atoms with Gasteiger partial charge in [-0.05, 0) is 37.8 Å². The van der Waals surface area contributed by atoms with E-state index in [2.05, 4.69) is 0 Å². The van der Waals surface area contributed by atoms with Crippen LogP contribution in [0.2, 0.25) is 0 Å². The average molecular weight is 304 g/mol. The molecule has 2 aromatic rings. The molecule has 1 amide bonds. The molecule has 112 valence electrons. The highest BCUT2D eigenvalue weighted by Gasteiger charge is 2.28. The topological polar surface area (TPSA) is 55.6 Å². The number of ether oxygens (including phenoxy) is 1. The second kappa shape index (κ2) is 5.56. The summed E-state index contributed by atoms with van der Waals surface area (Å²) in [5.41, 5.74) is 6.79. The van der Waals surface area contributed by atoms with E-state index in [0.29, 0.717) is 16.5 Å². The van der Waals surface area contributed by atoms with Crippen LogP contribution in [0.5, 0.6) is 5.75 Å². The van der Waals surface area contributed by atoms with Crippen LogP contribution in [0.4, 0.5) is 5.69 Å². The minimum Gasteiger partial charge on any atom is -0.496 e. The number of thiophene rings is 1. The molecule has 0 unspecified atom stereocenters. The minimum atomic E-state index is 0.0464. The fourth-order valence-electron chi connectivity index (χ4n) is 2.58. The van der Waals surface area contributed by atoms with Crippen LogP contribution in [-0.2, 0) is 0 Å². The van der Waals surface area contributed by atoms with Gasteiger partial charge in [0.25, 0.3) is 5.91 Å². The fourth-order valence-corrected chi connectivity index (χ4v) is 3.69. The van der Waals surface area contributed by atoms with Crippen molar-refractivity contribution in [2.24, 2.45) is 5.92 Å². The number of carbonyl (C=O) groups excluding carboxylic acids is 1. The van der Waals surface area contributed by atoms with E-state index >= 15 is 0 Å². The van der Waals surface area contributed by atoms with Crippen molar-refractivity contribution >= 4 is 33.0 Å². The molecule has 0 bridgehead atoms. The summed E-state index contributed by atoms with van der Waals surface area (Å²) in [5.74, 6) is 1.45. The Bertz CT molecular complexity index is 676. The van der Waals surface area contributed by atoms with Gasteiger partial charge in [-0.25, -0.2) is 0 Å². The lowest BCUT2D eigenvalue weighted by molar-refractivity contribution is 0.0763. The maximum absolute atomic E-state index is 12.7. The van der Waals surface area contributed by atoms with Crippen molar-refractivity contribution in [3.8, 4) is 5.75 Å². The molecule has 0 spiro atoms. The molecule has 0 aliphatic heterocycles. The third kappa shape index (κ3) is 2.58. The molecule has 1 heterocycles. The first kappa shape index (κ1) is 14.2. The zero-order valence-corrected chi connectivity index (χ0v) is 13.2. The largest absolute Gasteiger partial charge is 0.496 e. The molecule has 1 aliphatic carbocycles. The third-order valence-corrected chi connectivity index (χ3v) is 5.13. The summed E-state index contributed by atoms with van der Waals surface area (Å²) in [4.78, 5) is 15.3. The summed E-state index contributed by atoms with van der Waals surface area (Å²) in [6.45, 7) is 3.59. The number of nitrogen functional groups attached to an aromatic ring is 1. The lowest BCUT2D eigenvalue weighted by Gasteiger charge is -2.20. The van der Waals surface area contributed by atoms with Gasteiger partial charge in [0.1, 0.15) is 10.6 Å². The van der Waals surface area contributed by atoms with Crippen LogP contribution in [0.15, 0.2) is 18.2 Å². The number of nitrogens with zero attached hydrogens (tertiary/aromatic N) is 1. The highest BCUT2D eigenvalue weighted by atomic mass is 32.1. The first-order valence-electron chi connectivity index (χ1n) is 7.30. The zero-order chi connectivity index (χ0) is 15.0.